The summed E-state index contributed by atoms with van der Waals surface area (Å²) >= 11 is 5.89. The summed E-state index contributed by atoms with van der Waals surface area (Å²) in [5.74, 6) is 1.51. The molecule has 1 aromatic carbocycles. The molecule has 0 spiro atoms. The van der Waals surface area contributed by atoms with Gasteiger partial charge in [0, 0.05) is 6.04 Å². The summed E-state index contributed by atoms with van der Waals surface area (Å²) in [7, 11) is 0. The van der Waals surface area contributed by atoms with Crippen molar-refractivity contribution in [3.05, 3.63) is 30.1 Å². The summed E-state index contributed by atoms with van der Waals surface area (Å²) in [6.45, 7) is 0. The van der Waals surface area contributed by atoms with Crippen LogP contribution in [0.2, 0.25) is 0 Å². The summed E-state index contributed by atoms with van der Waals surface area (Å²) in [5.41, 5.74) is 2.29. The molecule has 0 aliphatic heterocycles. The Morgan fingerprint density at radius 1 is 1.36 bits per heavy atom. The van der Waals surface area contributed by atoms with Crippen molar-refractivity contribution in [1.82, 2.24) is 9.55 Å². The van der Waals surface area contributed by atoms with Crippen LogP contribution in [0.4, 0.5) is 0 Å². The second-order valence-electron chi connectivity index (χ2n) is 3.75. The lowest BCUT2D eigenvalue weighted by molar-refractivity contribution is 0.728. The van der Waals surface area contributed by atoms with Crippen LogP contribution in [0.5, 0.6) is 0 Å². The van der Waals surface area contributed by atoms with Crippen molar-refractivity contribution in [3.63, 3.8) is 0 Å². The third-order valence-corrected chi connectivity index (χ3v) is 2.94. The largest absolute Gasteiger partial charge is 0.324 e. The topological polar surface area (TPSA) is 17.8 Å². The first kappa shape index (κ1) is 8.30. The number of fused-ring (bicyclic) bond motifs is 1. The molecule has 1 aromatic heterocycles. The lowest BCUT2D eigenvalue weighted by atomic mass is 10.3. The van der Waals surface area contributed by atoms with Gasteiger partial charge in [-0.05, 0) is 25.0 Å². The van der Waals surface area contributed by atoms with Crippen LogP contribution < -0.4 is 0 Å². The number of benzene rings is 1. The standard InChI is InChI=1S/C11H11ClN2/c12-7-11-13-9-3-1-2-4-10(9)14(11)8-5-6-8/h1-4,8H,5-7H2. The number of alkyl halides is 1. The third kappa shape index (κ3) is 1.14. The van der Waals surface area contributed by atoms with Gasteiger partial charge in [0.1, 0.15) is 5.82 Å². The fourth-order valence-electron chi connectivity index (χ4n) is 1.93. The molecule has 1 saturated carbocycles. The van der Waals surface area contributed by atoms with Crippen LogP contribution in [-0.2, 0) is 5.88 Å². The van der Waals surface area contributed by atoms with E-state index in [2.05, 4.69) is 21.7 Å². The Kier molecular flexibility index (Phi) is 1.77. The molecule has 0 N–H and O–H groups in total. The Morgan fingerprint density at radius 3 is 2.86 bits per heavy atom. The SMILES string of the molecule is ClCc1nc2ccccc2n1C1CC1. The molecule has 0 unspecified atom stereocenters. The predicted molar refractivity (Wildman–Crippen MR) is 57.6 cm³/mol. The Morgan fingerprint density at radius 2 is 2.14 bits per heavy atom. The van der Waals surface area contributed by atoms with Crippen molar-refractivity contribution >= 4 is 22.6 Å². The highest BCUT2D eigenvalue weighted by atomic mass is 35.5. The van der Waals surface area contributed by atoms with Gasteiger partial charge in [0.25, 0.3) is 0 Å². The first-order chi connectivity index (χ1) is 6.90. The van der Waals surface area contributed by atoms with Crippen LogP contribution in [0.15, 0.2) is 24.3 Å². The van der Waals surface area contributed by atoms with Crippen LogP contribution in [0, 0.1) is 0 Å². The van der Waals surface area contributed by atoms with E-state index in [-0.39, 0.29) is 0 Å². The number of rotatable bonds is 2. The van der Waals surface area contributed by atoms with Crippen molar-refractivity contribution < 1.29 is 0 Å². The Bertz CT molecular complexity index is 471. The van der Waals surface area contributed by atoms with Gasteiger partial charge in [-0.2, -0.15) is 0 Å². The maximum atomic E-state index is 5.89. The van der Waals surface area contributed by atoms with E-state index >= 15 is 0 Å². The van der Waals surface area contributed by atoms with Gasteiger partial charge in [-0.15, -0.1) is 11.6 Å². The zero-order valence-electron chi connectivity index (χ0n) is 7.78. The fraction of sp³-hybridized carbons (Fsp3) is 0.364. The zero-order chi connectivity index (χ0) is 9.54. The van der Waals surface area contributed by atoms with Gasteiger partial charge >= 0.3 is 0 Å². The normalized spacial score (nSPS) is 16.4. The van der Waals surface area contributed by atoms with Gasteiger partial charge in [-0.3, -0.25) is 0 Å². The van der Waals surface area contributed by atoms with Gasteiger partial charge in [-0.1, -0.05) is 12.1 Å². The van der Waals surface area contributed by atoms with Crippen LogP contribution in [0.3, 0.4) is 0 Å². The average Bonchev–Trinajstić information content (AvgIpc) is 2.98. The lowest BCUT2D eigenvalue weighted by Crippen LogP contribution is -1.98. The third-order valence-electron chi connectivity index (χ3n) is 2.70. The molecule has 14 heavy (non-hydrogen) atoms. The Balaban J connectivity index is 2.29. The van der Waals surface area contributed by atoms with E-state index in [9.17, 15) is 0 Å². The molecule has 1 fully saturated rings. The minimum Gasteiger partial charge on any atom is -0.324 e. The van der Waals surface area contributed by atoms with Crippen LogP contribution in [0.1, 0.15) is 24.7 Å². The highest BCUT2D eigenvalue weighted by molar-refractivity contribution is 6.16. The molecule has 1 heterocycles. The smallest absolute Gasteiger partial charge is 0.125 e. The maximum Gasteiger partial charge on any atom is 0.125 e. The van der Waals surface area contributed by atoms with Crippen molar-refractivity contribution in [2.75, 3.05) is 0 Å². The molecule has 1 aliphatic rings. The second-order valence-corrected chi connectivity index (χ2v) is 4.02. The first-order valence-electron chi connectivity index (χ1n) is 4.92. The van der Waals surface area contributed by atoms with Gasteiger partial charge in [0.2, 0.25) is 0 Å². The van der Waals surface area contributed by atoms with E-state index in [4.69, 9.17) is 11.6 Å². The number of para-hydroxylation sites is 2. The number of hydrogen-bond donors (Lipinski definition) is 0. The van der Waals surface area contributed by atoms with Crippen molar-refractivity contribution in [3.8, 4) is 0 Å². The number of nitrogens with zero attached hydrogens (tertiary/aromatic N) is 2. The maximum absolute atomic E-state index is 5.89. The molecule has 2 nitrogen and oxygen atoms in total. The molecular weight excluding hydrogens is 196 g/mol. The molecule has 0 bridgehead atoms. The number of imidazole rings is 1. The molecule has 0 saturated heterocycles. The molecule has 72 valence electrons. The summed E-state index contributed by atoms with van der Waals surface area (Å²) in [5, 5.41) is 0. The first-order valence-corrected chi connectivity index (χ1v) is 5.45. The van der Waals surface area contributed by atoms with Gasteiger partial charge < -0.3 is 4.57 Å². The predicted octanol–water partition coefficient (Wildman–Crippen LogP) is 3.11. The molecule has 3 heteroatoms. The highest BCUT2D eigenvalue weighted by Crippen LogP contribution is 2.38. The van der Waals surface area contributed by atoms with Crippen LogP contribution >= 0.6 is 11.6 Å². The zero-order valence-corrected chi connectivity index (χ0v) is 8.54. The van der Waals surface area contributed by atoms with E-state index < -0.39 is 0 Å². The Hall–Kier alpha value is -1.02. The monoisotopic (exact) mass is 206 g/mol. The summed E-state index contributed by atoms with van der Waals surface area (Å²) in [4.78, 5) is 4.52. The molecular formula is C11H11ClN2. The van der Waals surface area contributed by atoms with E-state index in [1.807, 2.05) is 12.1 Å². The molecule has 0 radical (unpaired) electrons. The number of aromatic nitrogens is 2. The van der Waals surface area contributed by atoms with E-state index in [1.54, 1.807) is 0 Å². The van der Waals surface area contributed by atoms with Crippen molar-refractivity contribution in [2.24, 2.45) is 0 Å². The number of halogens is 1. The summed E-state index contributed by atoms with van der Waals surface area (Å²) < 4.78 is 2.29. The van der Waals surface area contributed by atoms with Crippen molar-refractivity contribution in [1.29, 1.82) is 0 Å². The van der Waals surface area contributed by atoms with Gasteiger partial charge in [0.05, 0.1) is 16.9 Å². The summed E-state index contributed by atoms with van der Waals surface area (Å²) in [6.07, 6.45) is 2.54. The number of hydrogen-bond acceptors (Lipinski definition) is 1. The van der Waals surface area contributed by atoms with Crippen LogP contribution in [-0.4, -0.2) is 9.55 Å². The van der Waals surface area contributed by atoms with E-state index in [0.717, 1.165) is 11.3 Å². The minimum absolute atomic E-state index is 0.505. The van der Waals surface area contributed by atoms with Crippen LogP contribution in [0.25, 0.3) is 11.0 Å². The quantitative estimate of drug-likeness (QED) is 0.691. The van der Waals surface area contributed by atoms with E-state index in [1.165, 1.54) is 18.4 Å². The molecule has 0 atom stereocenters. The fourth-order valence-corrected chi connectivity index (χ4v) is 2.12. The van der Waals surface area contributed by atoms with E-state index in [0.29, 0.717) is 11.9 Å². The van der Waals surface area contributed by atoms with Gasteiger partial charge in [0.15, 0.2) is 0 Å². The molecule has 0 amide bonds. The minimum atomic E-state index is 0.505. The second kappa shape index (κ2) is 2.99. The molecule has 1 aliphatic carbocycles. The average molecular weight is 207 g/mol. The Labute approximate surface area is 87.5 Å². The highest BCUT2D eigenvalue weighted by Gasteiger charge is 2.27. The molecule has 3 rings (SSSR count). The van der Waals surface area contributed by atoms with Gasteiger partial charge in [-0.25, -0.2) is 4.98 Å². The summed E-state index contributed by atoms with van der Waals surface area (Å²) in [6, 6.07) is 8.89. The van der Waals surface area contributed by atoms with Crippen molar-refractivity contribution in [2.45, 2.75) is 24.8 Å². The lowest BCUT2D eigenvalue weighted by Gasteiger charge is -2.04. The molecule has 2 aromatic rings.